The molecule has 39 heavy (non-hydrogen) atoms. The normalized spacial score (nSPS) is 19.0. The van der Waals surface area contributed by atoms with E-state index in [1.54, 1.807) is 7.11 Å². The Hall–Kier alpha value is -3.76. The van der Waals surface area contributed by atoms with Crippen molar-refractivity contribution < 1.29 is 9.47 Å². The number of aromatic amines is 1. The molecule has 2 fully saturated rings. The van der Waals surface area contributed by atoms with Gasteiger partial charge in [-0.05, 0) is 71.0 Å². The average Bonchev–Trinajstić information content (AvgIpc) is 3.66. The van der Waals surface area contributed by atoms with Gasteiger partial charge in [0, 0.05) is 43.9 Å². The van der Waals surface area contributed by atoms with E-state index in [-0.39, 0.29) is 17.7 Å². The van der Waals surface area contributed by atoms with Crippen LogP contribution in [0, 0.1) is 0 Å². The molecule has 10 heteroatoms. The molecule has 1 N–H and O–H groups in total. The largest absolute Gasteiger partial charge is 0.495 e. The van der Waals surface area contributed by atoms with Gasteiger partial charge in [-0.2, -0.15) is 0 Å². The molecule has 2 aliphatic heterocycles. The van der Waals surface area contributed by atoms with Gasteiger partial charge in [0.25, 0.3) is 5.56 Å². The molecule has 4 heterocycles. The van der Waals surface area contributed by atoms with Crippen LogP contribution in [-0.4, -0.2) is 76.1 Å². The molecule has 0 bridgehead atoms. The fourth-order valence-electron chi connectivity index (χ4n) is 5.83. The number of ether oxygens (including phenoxy) is 2. The van der Waals surface area contributed by atoms with Gasteiger partial charge in [0.2, 0.25) is 0 Å². The summed E-state index contributed by atoms with van der Waals surface area (Å²) in [5.41, 5.74) is 3.68. The first-order chi connectivity index (χ1) is 19.1. The van der Waals surface area contributed by atoms with E-state index in [0.717, 1.165) is 74.4 Å². The van der Waals surface area contributed by atoms with Crippen LogP contribution in [0.15, 0.2) is 53.3 Å². The smallest absolute Gasteiger partial charge is 0.253 e. The highest BCUT2D eigenvalue weighted by atomic mass is 16.5. The number of piperazine rings is 1. The number of para-hydroxylation sites is 2. The first-order valence-corrected chi connectivity index (χ1v) is 13.8. The lowest BCUT2D eigenvalue weighted by atomic mass is 10.0. The number of nitrogens with zero attached hydrogens (tertiary/aromatic N) is 6. The Bertz CT molecular complexity index is 1490. The zero-order valence-electron chi connectivity index (χ0n) is 22.5. The summed E-state index contributed by atoms with van der Waals surface area (Å²) in [6.07, 6.45) is 3.04. The molecular formula is C29H35N7O3. The molecule has 0 aliphatic carbocycles. The van der Waals surface area contributed by atoms with Crippen molar-refractivity contribution in [2.24, 2.45) is 0 Å². The monoisotopic (exact) mass is 529 g/mol. The number of fused-ring (bicyclic) bond motifs is 1. The Balaban J connectivity index is 1.37. The Morgan fingerprint density at radius 1 is 1.13 bits per heavy atom. The van der Waals surface area contributed by atoms with E-state index in [9.17, 15) is 4.79 Å². The highest BCUT2D eigenvalue weighted by Gasteiger charge is 2.34. The van der Waals surface area contributed by atoms with Crippen LogP contribution in [0.5, 0.6) is 5.75 Å². The second-order valence-corrected chi connectivity index (χ2v) is 10.3. The van der Waals surface area contributed by atoms with Gasteiger partial charge in [0.15, 0.2) is 5.82 Å². The maximum absolute atomic E-state index is 13.6. The molecule has 6 rings (SSSR count). The van der Waals surface area contributed by atoms with Crippen molar-refractivity contribution >= 4 is 16.6 Å². The van der Waals surface area contributed by atoms with E-state index in [1.165, 1.54) is 5.56 Å². The van der Waals surface area contributed by atoms with E-state index >= 15 is 0 Å². The Kier molecular flexibility index (Phi) is 7.30. The molecule has 2 atom stereocenters. The number of nitrogens with one attached hydrogen (secondary N) is 1. The number of anilines is 1. The highest BCUT2D eigenvalue weighted by molar-refractivity contribution is 5.80. The van der Waals surface area contributed by atoms with Crippen LogP contribution in [0.3, 0.4) is 0 Å². The standard InChI is InChI=1S/C29H35N7O3/c1-3-20-10-11-24-21(17-20)18-23(29(37)30-24)27(28-31-32-33-36(28)19-22-7-6-16-39-22)35-14-12-34(13-15-35)25-8-4-5-9-26(25)38-2/h4-5,8-11,17-18,22,27H,3,6-7,12-16,19H2,1-2H3,(H,30,37). The van der Waals surface area contributed by atoms with Crippen molar-refractivity contribution in [2.75, 3.05) is 44.8 Å². The Morgan fingerprint density at radius 2 is 1.97 bits per heavy atom. The summed E-state index contributed by atoms with van der Waals surface area (Å²) < 4.78 is 13.3. The summed E-state index contributed by atoms with van der Waals surface area (Å²) in [6.45, 7) is 6.53. The highest BCUT2D eigenvalue weighted by Crippen LogP contribution is 2.32. The fourth-order valence-corrected chi connectivity index (χ4v) is 5.83. The molecule has 2 aromatic carbocycles. The number of hydrogen-bond acceptors (Lipinski definition) is 8. The van der Waals surface area contributed by atoms with Crippen LogP contribution < -0.4 is 15.2 Å². The minimum absolute atomic E-state index is 0.0808. The van der Waals surface area contributed by atoms with Crippen molar-refractivity contribution in [1.82, 2.24) is 30.1 Å². The van der Waals surface area contributed by atoms with Gasteiger partial charge in [-0.1, -0.05) is 25.1 Å². The molecule has 204 valence electrons. The van der Waals surface area contributed by atoms with Crippen molar-refractivity contribution in [1.29, 1.82) is 0 Å². The first kappa shape index (κ1) is 25.5. The van der Waals surface area contributed by atoms with Gasteiger partial charge in [0.1, 0.15) is 11.8 Å². The number of aromatic nitrogens is 5. The lowest BCUT2D eigenvalue weighted by Crippen LogP contribution is -2.49. The molecule has 0 radical (unpaired) electrons. The number of rotatable bonds is 8. The van der Waals surface area contributed by atoms with Crippen molar-refractivity contribution in [3.05, 3.63) is 75.8 Å². The van der Waals surface area contributed by atoms with E-state index < -0.39 is 0 Å². The molecular weight excluding hydrogens is 494 g/mol. The Morgan fingerprint density at radius 3 is 2.74 bits per heavy atom. The van der Waals surface area contributed by atoms with E-state index in [4.69, 9.17) is 9.47 Å². The average molecular weight is 530 g/mol. The summed E-state index contributed by atoms with van der Waals surface area (Å²) in [4.78, 5) is 21.4. The number of pyridine rings is 1. The number of H-pyrrole nitrogens is 1. The summed E-state index contributed by atoms with van der Waals surface area (Å²) in [5, 5.41) is 13.9. The van der Waals surface area contributed by atoms with Crippen LogP contribution in [-0.2, 0) is 17.7 Å². The van der Waals surface area contributed by atoms with Crippen LogP contribution in [0.1, 0.15) is 42.8 Å². The molecule has 2 aliphatic rings. The fraction of sp³-hybridized carbons (Fsp3) is 0.448. The number of hydrogen-bond donors (Lipinski definition) is 1. The van der Waals surface area contributed by atoms with Crippen LogP contribution in [0.4, 0.5) is 5.69 Å². The third kappa shape index (κ3) is 5.14. The van der Waals surface area contributed by atoms with Crippen molar-refractivity contribution in [3.63, 3.8) is 0 Å². The SMILES string of the molecule is CCc1ccc2[nH]c(=O)c(C(c3nnnn3CC3CCCO3)N3CCN(c4ccccc4OC)CC3)cc2c1. The molecule has 0 saturated carbocycles. The van der Waals surface area contributed by atoms with Gasteiger partial charge >= 0.3 is 0 Å². The molecule has 4 aromatic rings. The van der Waals surface area contributed by atoms with Crippen LogP contribution in [0.25, 0.3) is 10.9 Å². The predicted molar refractivity (Wildman–Crippen MR) is 149 cm³/mol. The third-order valence-corrected chi connectivity index (χ3v) is 7.95. The molecule has 0 spiro atoms. The number of benzene rings is 2. The topological polar surface area (TPSA) is 101 Å². The third-order valence-electron chi connectivity index (χ3n) is 7.95. The second-order valence-electron chi connectivity index (χ2n) is 10.3. The summed E-state index contributed by atoms with van der Waals surface area (Å²) in [7, 11) is 1.70. The number of methoxy groups -OCH3 is 1. The number of aryl methyl sites for hydroxylation is 1. The maximum Gasteiger partial charge on any atom is 0.253 e. The van der Waals surface area contributed by atoms with E-state index in [0.29, 0.717) is 17.9 Å². The van der Waals surface area contributed by atoms with Crippen LogP contribution in [0.2, 0.25) is 0 Å². The molecule has 0 amide bonds. The molecule has 2 saturated heterocycles. The zero-order chi connectivity index (χ0) is 26.8. The predicted octanol–water partition coefficient (Wildman–Crippen LogP) is 3.18. The molecule has 2 aromatic heterocycles. The van der Waals surface area contributed by atoms with Gasteiger partial charge in [-0.25, -0.2) is 4.68 Å². The minimum Gasteiger partial charge on any atom is -0.495 e. The zero-order valence-corrected chi connectivity index (χ0v) is 22.5. The number of tetrazole rings is 1. The van der Waals surface area contributed by atoms with E-state index in [1.807, 2.05) is 35.0 Å². The minimum atomic E-state index is -0.389. The lowest BCUT2D eigenvalue weighted by Gasteiger charge is -2.40. The summed E-state index contributed by atoms with van der Waals surface area (Å²) in [5.74, 6) is 1.54. The lowest BCUT2D eigenvalue weighted by molar-refractivity contribution is 0.0906. The van der Waals surface area contributed by atoms with Gasteiger partial charge in [-0.15, -0.1) is 5.10 Å². The maximum atomic E-state index is 13.6. The molecule has 10 nitrogen and oxygen atoms in total. The van der Waals surface area contributed by atoms with Crippen LogP contribution >= 0.6 is 0 Å². The summed E-state index contributed by atoms with van der Waals surface area (Å²) >= 11 is 0. The molecule has 2 unspecified atom stereocenters. The Labute approximate surface area is 227 Å². The second kappa shape index (κ2) is 11.2. The van der Waals surface area contributed by atoms with Crippen molar-refractivity contribution in [3.8, 4) is 5.75 Å². The van der Waals surface area contributed by atoms with E-state index in [2.05, 4.69) is 55.4 Å². The quantitative estimate of drug-likeness (QED) is 0.372. The van der Waals surface area contributed by atoms with Gasteiger partial charge < -0.3 is 19.4 Å². The van der Waals surface area contributed by atoms with Crippen molar-refractivity contribution in [2.45, 2.75) is 44.9 Å². The van der Waals surface area contributed by atoms with Gasteiger partial charge in [0.05, 0.1) is 25.4 Å². The summed E-state index contributed by atoms with van der Waals surface area (Å²) in [6, 6.07) is 15.9. The first-order valence-electron chi connectivity index (χ1n) is 13.8. The van der Waals surface area contributed by atoms with Gasteiger partial charge in [-0.3, -0.25) is 9.69 Å².